The summed E-state index contributed by atoms with van der Waals surface area (Å²) < 4.78 is 10.6. The molecular formula is C9H15NO2. The maximum atomic E-state index is 5.65. The van der Waals surface area contributed by atoms with Crippen molar-refractivity contribution in [3.05, 3.63) is 18.0 Å². The number of aromatic nitrogens is 1. The first-order valence-corrected chi connectivity index (χ1v) is 4.07. The Hall–Kier alpha value is -0.830. The van der Waals surface area contributed by atoms with Gasteiger partial charge in [0.15, 0.2) is 5.76 Å². The fraction of sp³-hybridized carbons (Fsp3) is 0.667. The van der Waals surface area contributed by atoms with Crippen LogP contribution in [0.4, 0.5) is 0 Å². The number of rotatable bonds is 2. The molecule has 0 fully saturated rings. The summed E-state index contributed by atoms with van der Waals surface area (Å²) in [4.78, 5) is 0. The minimum atomic E-state index is -0.147. The zero-order valence-electron chi connectivity index (χ0n) is 8.00. The van der Waals surface area contributed by atoms with Gasteiger partial charge in [-0.1, -0.05) is 5.16 Å². The van der Waals surface area contributed by atoms with Crippen molar-refractivity contribution in [2.24, 2.45) is 0 Å². The molecule has 0 amide bonds. The first kappa shape index (κ1) is 9.26. The second kappa shape index (κ2) is 3.27. The maximum Gasteiger partial charge on any atom is 0.165 e. The highest BCUT2D eigenvalue weighted by atomic mass is 16.5. The highest BCUT2D eigenvalue weighted by molar-refractivity contribution is 4.96. The Bertz CT molecular complexity index is 223. The average molecular weight is 169 g/mol. The highest BCUT2D eigenvalue weighted by Crippen LogP contribution is 2.22. The molecule has 0 saturated heterocycles. The van der Waals surface area contributed by atoms with Crippen molar-refractivity contribution in [2.45, 2.75) is 39.4 Å². The fourth-order valence-corrected chi connectivity index (χ4v) is 1.02. The quantitative estimate of drug-likeness (QED) is 0.682. The summed E-state index contributed by atoms with van der Waals surface area (Å²) in [6.07, 6.45) is 1.59. The summed E-state index contributed by atoms with van der Waals surface area (Å²) in [5, 5.41) is 3.62. The van der Waals surface area contributed by atoms with Crippen molar-refractivity contribution in [3.63, 3.8) is 0 Å². The molecule has 1 atom stereocenters. The van der Waals surface area contributed by atoms with Gasteiger partial charge < -0.3 is 9.26 Å². The van der Waals surface area contributed by atoms with E-state index in [9.17, 15) is 0 Å². The molecule has 0 aliphatic heterocycles. The Morgan fingerprint density at radius 3 is 2.58 bits per heavy atom. The van der Waals surface area contributed by atoms with E-state index in [-0.39, 0.29) is 11.7 Å². The summed E-state index contributed by atoms with van der Waals surface area (Å²) in [6, 6.07) is 1.82. The summed E-state index contributed by atoms with van der Waals surface area (Å²) in [5.41, 5.74) is -0.147. The molecule has 0 radical (unpaired) electrons. The van der Waals surface area contributed by atoms with Crippen molar-refractivity contribution in [3.8, 4) is 0 Å². The van der Waals surface area contributed by atoms with Gasteiger partial charge in [0.2, 0.25) is 0 Å². The number of nitrogens with zero attached hydrogens (tertiary/aromatic N) is 1. The predicted molar refractivity (Wildman–Crippen MR) is 45.8 cm³/mol. The molecule has 0 aromatic carbocycles. The zero-order chi connectivity index (χ0) is 9.19. The van der Waals surface area contributed by atoms with Crippen LogP contribution in [0.3, 0.4) is 0 Å². The minimum absolute atomic E-state index is 0.0347. The second-order valence-corrected chi connectivity index (χ2v) is 3.79. The normalized spacial score (nSPS) is 14.7. The van der Waals surface area contributed by atoms with E-state index >= 15 is 0 Å². The molecule has 1 aromatic rings. The van der Waals surface area contributed by atoms with Crippen molar-refractivity contribution in [1.29, 1.82) is 0 Å². The largest absolute Gasteiger partial charge is 0.365 e. The lowest BCUT2D eigenvalue weighted by molar-refractivity contribution is -0.0630. The van der Waals surface area contributed by atoms with E-state index in [1.165, 1.54) is 0 Å². The lowest BCUT2D eigenvalue weighted by Crippen LogP contribution is -2.20. The van der Waals surface area contributed by atoms with Crippen LogP contribution in [0.25, 0.3) is 0 Å². The van der Waals surface area contributed by atoms with Crippen LogP contribution in [0.2, 0.25) is 0 Å². The molecule has 0 aliphatic rings. The molecule has 1 aromatic heterocycles. The van der Waals surface area contributed by atoms with Crippen LogP contribution in [0.1, 0.15) is 39.6 Å². The molecule has 0 saturated carbocycles. The third-order valence-corrected chi connectivity index (χ3v) is 1.39. The molecule has 0 aliphatic carbocycles. The Labute approximate surface area is 72.7 Å². The first-order chi connectivity index (χ1) is 5.49. The molecule has 68 valence electrons. The van der Waals surface area contributed by atoms with Gasteiger partial charge in [-0.05, 0) is 27.7 Å². The van der Waals surface area contributed by atoms with Gasteiger partial charge in [-0.15, -0.1) is 0 Å². The molecule has 1 rings (SSSR count). The Balaban J connectivity index is 2.56. The third-order valence-electron chi connectivity index (χ3n) is 1.39. The highest BCUT2D eigenvalue weighted by Gasteiger charge is 2.18. The van der Waals surface area contributed by atoms with Gasteiger partial charge in [0.25, 0.3) is 0 Å². The van der Waals surface area contributed by atoms with E-state index in [0.29, 0.717) is 0 Å². The third kappa shape index (κ3) is 2.66. The van der Waals surface area contributed by atoms with Crippen molar-refractivity contribution >= 4 is 0 Å². The Morgan fingerprint density at radius 1 is 1.50 bits per heavy atom. The van der Waals surface area contributed by atoms with Crippen LogP contribution in [-0.4, -0.2) is 10.8 Å². The molecule has 12 heavy (non-hydrogen) atoms. The van der Waals surface area contributed by atoms with Gasteiger partial charge in [0.05, 0.1) is 11.8 Å². The van der Waals surface area contributed by atoms with Crippen LogP contribution in [0.15, 0.2) is 16.8 Å². The van der Waals surface area contributed by atoms with Gasteiger partial charge in [-0.3, -0.25) is 0 Å². The molecule has 1 heterocycles. The van der Waals surface area contributed by atoms with E-state index < -0.39 is 0 Å². The summed E-state index contributed by atoms with van der Waals surface area (Å²) in [5.74, 6) is 0.768. The lowest BCUT2D eigenvalue weighted by Gasteiger charge is -2.23. The number of hydrogen-bond donors (Lipinski definition) is 0. The molecule has 0 N–H and O–H groups in total. The predicted octanol–water partition coefficient (Wildman–Crippen LogP) is 2.55. The van der Waals surface area contributed by atoms with Crippen molar-refractivity contribution in [2.75, 3.05) is 0 Å². The van der Waals surface area contributed by atoms with E-state index in [1.807, 2.05) is 33.8 Å². The van der Waals surface area contributed by atoms with E-state index in [4.69, 9.17) is 9.26 Å². The minimum Gasteiger partial charge on any atom is -0.365 e. The molecular weight excluding hydrogens is 154 g/mol. The summed E-state index contributed by atoms with van der Waals surface area (Å²) in [7, 11) is 0. The van der Waals surface area contributed by atoms with Gasteiger partial charge in [0, 0.05) is 6.07 Å². The topological polar surface area (TPSA) is 35.3 Å². The standard InChI is InChI=1S/C9H15NO2/c1-7(11-9(2,3)4)8-5-6-10-12-8/h5-7H,1-4H3. The Kier molecular flexibility index (Phi) is 2.52. The summed E-state index contributed by atoms with van der Waals surface area (Å²) in [6.45, 7) is 7.99. The Morgan fingerprint density at radius 2 is 2.17 bits per heavy atom. The SMILES string of the molecule is CC(OC(C)(C)C)c1ccno1. The van der Waals surface area contributed by atoms with Crippen LogP contribution in [0, 0.1) is 0 Å². The first-order valence-electron chi connectivity index (χ1n) is 4.07. The van der Waals surface area contributed by atoms with Gasteiger partial charge >= 0.3 is 0 Å². The van der Waals surface area contributed by atoms with Crippen molar-refractivity contribution in [1.82, 2.24) is 5.16 Å². The van der Waals surface area contributed by atoms with Crippen LogP contribution < -0.4 is 0 Å². The smallest absolute Gasteiger partial charge is 0.165 e. The molecule has 0 bridgehead atoms. The van der Waals surface area contributed by atoms with Gasteiger partial charge in [-0.25, -0.2) is 0 Å². The van der Waals surface area contributed by atoms with E-state index in [0.717, 1.165) is 5.76 Å². The fourth-order valence-electron chi connectivity index (χ4n) is 1.02. The summed E-state index contributed by atoms with van der Waals surface area (Å²) >= 11 is 0. The molecule has 3 nitrogen and oxygen atoms in total. The lowest BCUT2D eigenvalue weighted by atomic mass is 10.2. The van der Waals surface area contributed by atoms with Crippen molar-refractivity contribution < 1.29 is 9.26 Å². The molecule has 0 spiro atoms. The van der Waals surface area contributed by atoms with Crippen LogP contribution in [0.5, 0.6) is 0 Å². The number of ether oxygens (including phenoxy) is 1. The molecule has 3 heteroatoms. The second-order valence-electron chi connectivity index (χ2n) is 3.79. The average Bonchev–Trinajstić information content (AvgIpc) is 2.32. The van der Waals surface area contributed by atoms with Gasteiger partial charge in [0.1, 0.15) is 6.10 Å². The zero-order valence-corrected chi connectivity index (χ0v) is 8.00. The van der Waals surface area contributed by atoms with Gasteiger partial charge in [-0.2, -0.15) is 0 Å². The molecule has 1 unspecified atom stereocenters. The monoisotopic (exact) mass is 169 g/mol. The van der Waals surface area contributed by atoms with E-state index in [1.54, 1.807) is 6.20 Å². The maximum absolute atomic E-state index is 5.65. The number of hydrogen-bond acceptors (Lipinski definition) is 3. The van der Waals surface area contributed by atoms with Crippen LogP contribution >= 0.6 is 0 Å². The van der Waals surface area contributed by atoms with E-state index in [2.05, 4.69) is 5.16 Å². The van der Waals surface area contributed by atoms with Crippen LogP contribution in [-0.2, 0) is 4.74 Å².